The highest BCUT2D eigenvalue weighted by atomic mass is 79.9. The van der Waals surface area contributed by atoms with E-state index in [-0.39, 0.29) is 12.3 Å². The summed E-state index contributed by atoms with van der Waals surface area (Å²) >= 11 is 3.23. The number of ether oxygens (including phenoxy) is 1. The molecule has 0 spiro atoms. The average molecular weight is 264 g/mol. The van der Waals surface area contributed by atoms with Crippen LogP contribution in [0.25, 0.3) is 0 Å². The van der Waals surface area contributed by atoms with Gasteiger partial charge in [0.05, 0.1) is 11.6 Å². The lowest BCUT2D eigenvalue weighted by Crippen LogP contribution is -2.09. The van der Waals surface area contributed by atoms with Crippen LogP contribution in [0.2, 0.25) is 0 Å². The fourth-order valence-corrected chi connectivity index (χ4v) is 1.65. The molecule has 0 aliphatic heterocycles. The summed E-state index contributed by atoms with van der Waals surface area (Å²) in [5.74, 6) is -0.304. The van der Waals surface area contributed by atoms with E-state index in [1.807, 2.05) is 12.4 Å². The van der Waals surface area contributed by atoms with E-state index in [1.54, 1.807) is 6.07 Å². The number of hydroxylamine groups is 1. The molecule has 1 aromatic carbocycles. The summed E-state index contributed by atoms with van der Waals surface area (Å²) in [6.45, 7) is 1.88. The summed E-state index contributed by atoms with van der Waals surface area (Å²) in [6.07, 6.45) is 0. The normalized spacial score (nSPS) is 10.4. The van der Waals surface area contributed by atoms with E-state index in [0.29, 0.717) is 10.0 Å². The van der Waals surface area contributed by atoms with Crippen LogP contribution in [0.1, 0.15) is 11.1 Å². The van der Waals surface area contributed by atoms with Gasteiger partial charge in [-0.25, -0.2) is 9.87 Å². The first kappa shape index (κ1) is 11.4. The van der Waals surface area contributed by atoms with Gasteiger partial charge in [-0.1, -0.05) is 6.07 Å². The van der Waals surface area contributed by atoms with Gasteiger partial charge in [0.15, 0.2) is 11.6 Å². The second kappa shape index (κ2) is 4.72. The molecule has 0 atom stereocenters. The summed E-state index contributed by atoms with van der Waals surface area (Å²) in [5.41, 5.74) is 3.13. The SMILES string of the molecule is COc1c(F)c(CNO)cc(C)c1Br. The van der Waals surface area contributed by atoms with E-state index in [1.165, 1.54) is 7.11 Å². The molecule has 1 aromatic rings. The van der Waals surface area contributed by atoms with Gasteiger partial charge in [-0.05, 0) is 28.4 Å². The Morgan fingerprint density at radius 3 is 2.79 bits per heavy atom. The van der Waals surface area contributed by atoms with Crippen LogP contribution in [-0.4, -0.2) is 12.3 Å². The Labute approximate surface area is 90.0 Å². The van der Waals surface area contributed by atoms with Gasteiger partial charge >= 0.3 is 0 Å². The van der Waals surface area contributed by atoms with Crippen molar-refractivity contribution in [3.05, 3.63) is 27.5 Å². The maximum Gasteiger partial charge on any atom is 0.170 e. The molecular formula is C9H11BrFNO2. The zero-order chi connectivity index (χ0) is 10.7. The van der Waals surface area contributed by atoms with Crippen molar-refractivity contribution in [2.24, 2.45) is 0 Å². The van der Waals surface area contributed by atoms with Gasteiger partial charge in [-0.2, -0.15) is 0 Å². The Hall–Kier alpha value is -0.650. The third kappa shape index (κ3) is 2.05. The van der Waals surface area contributed by atoms with Gasteiger partial charge in [-0.15, -0.1) is 0 Å². The highest BCUT2D eigenvalue weighted by Gasteiger charge is 2.14. The molecule has 0 unspecified atom stereocenters. The van der Waals surface area contributed by atoms with Crippen LogP contribution in [0.15, 0.2) is 10.5 Å². The molecule has 0 aliphatic rings. The number of hydrogen-bond donors (Lipinski definition) is 2. The molecule has 0 saturated carbocycles. The molecule has 0 radical (unpaired) electrons. The van der Waals surface area contributed by atoms with Crippen LogP contribution in [0.3, 0.4) is 0 Å². The minimum absolute atomic E-state index is 0.0519. The summed E-state index contributed by atoms with van der Waals surface area (Å²) in [6, 6.07) is 1.64. The number of rotatable bonds is 3. The van der Waals surface area contributed by atoms with E-state index >= 15 is 0 Å². The van der Waals surface area contributed by atoms with Crippen molar-refractivity contribution in [2.45, 2.75) is 13.5 Å². The van der Waals surface area contributed by atoms with Gasteiger partial charge in [0, 0.05) is 12.1 Å². The van der Waals surface area contributed by atoms with Crippen LogP contribution in [0.5, 0.6) is 5.75 Å². The van der Waals surface area contributed by atoms with E-state index < -0.39 is 5.82 Å². The highest BCUT2D eigenvalue weighted by molar-refractivity contribution is 9.10. The van der Waals surface area contributed by atoms with Crippen molar-refractivity contribution in [1.82, 2.24) is 5.48 Å². The highest BCUT2D eigenvalue weighted by Crippen LogP contribution is 2.33. The average Bonchev–Trinajstić information content (AvgIpc) is 2.16. The van der Waals surface area contributed by atoms with Crippen molar-refractivity contribution in [1.29, 1.82) is 0 Å². The zero-order valence-electron chi connectivity index (χ0n) is 7.90. The van der Waals surface area contributed by atoms with Crippen LogP contribution in [0.4, 0.5) is 4.39 Å². The molecule has 3 nitrogen and oxygen atoms in total. The molecule has 0 bridgehead atoms. The molecule has 0 saturated heterocycles. The number of benzene rings is 1. The largest absolute Gasteiger partial charge is 0.492 e. The molecule has 0 aromatic heterocycles. The minimum Gasteiger partial charge on any atom is -0.492 e. The first-order valence-corrected chi connectivity index (χ1v) is 4.79. The Bertz CT molecular complexity index is 344. The summed E-state index contributed by atoms with van der Waals surface area (Å²) in [5, 5.41) is 8.50. The Balaban J connectivity index is 3.27. The Kier molecular flexibility index (Phi) is 3.86. The Morgan fingerprint density at radius 2 is 2.29 bits per heavy atom. The van der Waals surface area contributed by atoms with Crippen molar-refractivity contribution < 1.29 is 14.3 Å². The van der Waals surface area contributed by atoms with Crippen molar-refractivity contribution >= 4 is 15.9 Å². The standard InChI is InChI=1S/C9H11BrFNO2/c1-5-3-6(4-12-13)8(11)9(14-2)7(5)10/h3,12-13H,4H2,1-2H3. The lowest BCUT2D eigenvalue weighted by molar-refractivity contribution is 0.159. The summed E-state index contributed by atoms with van der Waals surface area (Å²) in [4.78, 5) is 0. The molecule has 2 N–H and O–H groups in total. The number of aryl methyl sites for hydroxylation is 1. The predicted molar refractivity (Wildman–Crippen MR) is 54.0 cm³/mol. The second-order valence-electron chi connectivity index (χ2n) is 2.85. The molecule has 0 fully saturated rings. The molecule has 5 heteroatoms. The third-order valence-electron chi connectivity index (χ3n) is 1.89. The number of methoxy groups -OCH3 is 1. The van der Waals surface area contributed by atoms with Crippen molar-refractivity contribution in [3.63, 3.8) is 0 Å². The number of nitrogens with one attached hydrogen (secondary N) is 1. The molecule has 14 heavy (non-hydrogen) atoms. The van der Waals surface area contributed by atoms with Crippen LogP contribution in [0, 0.1) is 12.7 Å². The summed E-state index contributed by atoms with van der Waals surface area (Å²) < 4.78 is 19.1. The van der Waals surface area contributed by atoms with E-state index in [4.69, 9.17) is 9.94 Å². The molecule has 1 rings (SSSR count). The fraction of sp³-hybridized carbons (Fsp3) is 0.333. The van der Waals surface area contributed by atoms with Gasteiger partial charge in [-0.3, -0.25) is 0 Å². The third-order valence-corrected chi connectivity index (χ3v) is 2.88. The van der Waals surface area contributed by atoms with E-state index in [0.717, 1.165) is 5.56 Å². The monoisotopic (exact) mass is 263 g/mol. The molecule has 78 valence electrons. The first-order chi connectivity index (χ1) is 6.61. The van der Waals surface area contributed by atoms with Crippen molar-refractivity contribution in [3.8, 4) is 5.75 Å². The lowest BCUT2D eigenvalue weighted by atomic mass is 10.1. The second-order valence-corrected chi connectivity index (χ2v) is 3.64. The molecule has 0 heterocycles. The van der Waals surface area contributed by atoms with E-state index in [9.17, 15) is 4.39 Å². The van der Waals surface area contributed by atoms with Crippen molar-refractivity contribution in [2.75, 3.05) is 7.11 Å². The van der Waals surface area contributed by atoms with Gasteiger partial charge in [0.2, 0.25) is 0 Å². The Morgan fingerprint density at radius 1 is 1.64 bits per heavy atom. The number of hydrogen-bond acceptors (Lipinski definition) is 3. The van der Waals surface area contributed by atoms with Crippen LogP contribution >= 0.6 is 15.9 Å². The van der Waals surface area contributed by atoms with Crippen LogP contribution < -0.4 is 10.2 Å². The first-order valence-electron chi connectivity index (χ1n) is 4.00. The molecule has 0 amide bonds. The predicted octanol–water partition coefficient (Wildman–Crippen LogP) is 2.38. The smallest absolute Gasteiger partial charge is 0.170 e. The molecular weight excluding hydrogens is 253 g/mol. The van der Waals surface area contributed by atoms with Gasteiger partial charge < -0.3 is 9.94 Å². The number of halogens is 2. The zero-order valence-corrected chi connectivity index (χ0v) is 9.48. The van der Waals surface area contributed by atoms with E-state index in [2.05, 4.69) is 15.9 Å². The minimum atomic E-state index is -0.466. The quantitative estimate of drug-likeness (QED) is 0.823. The van der Waals surface area contributed by atoms with Gasteiger partial charge in [0.1, 0.15) is 0 Å². The topological polar surface area (TPSA) is 41.5 Å². The summed E-state index contributed by atoms with van der Waals surface area (Å²) in [7, 11) is 1.40. The maximum absolute atomic E-state index is 13.6. The maximum atomic E-state index is 13.6. The lowest BCUT2D eigenvalue weighted by Gasteiger charge is -2.11. The van der Waals surface area contributed by atoms with Gasteiger partial charge in [0.25, 0.3) is 0 Å². The molecule has 0 aliphatic carbocycles. The fourth-order valence-electron chi connectivity index (χ4n) is 1.20. The van der Waals surface area contributed by atoms with Crippen LogP contribution in [-0.2, 0) is 6.54 Å².